The third kappa shape index (κ3) is 6.16. The molecule has 0 atom stereocenters. The number of amides is 1. The van der Waals surface area contributed by atoms with Crippen molar-refractivity contribution in [3.05, 3.63) is 0 Å². The summed E-state index contributed by atoms with van der Waals surface area (Å²) >= 11 is 0. The first-order chi connectivity index (χ1) is 9.76. The zero-order chi connectivity index (χ0) is 15.9. The van der Waals surface area contributed by atoms with E-state index in [4.69, 9.17) is 0 Å². The minimum Gasteiger partial charge on any atom is -0.382 e. The van der Waals surface area contributed by atoms with Crippen molar-refractivity contribution in [2.45, 2.75) is 84.2 Å². The highest BCUT2D eigenvalue weighted by molar-refractivity contribution is 5.87. The van der Waals surface area contributed by atoms with Crippen LogP contribution in [0.25, 0.3) is 0 Å². The number of hydrogen-bond acceptors (Lipinski definition) is 3. The van der Waals surface area contributed by atoms with E-state index >= 15 is 0 Å². The van der Waals surface area contributed by atoms with Gasteiger partial charge in [-0.2, -0.15) is 0 Å². The Labute approximate surface area is 128 Å². The van der Waals surface area contributed by atoms with Crippen LogP contribution in [0, 0.1) is 5.41 Å². The predicted octanol–water partition coefficient (Wildman–Crippen LogP) is 2.97. The first-order valence-corrected chi connectivity index (χ1v) is 8.30. The maximum absolute atomic E-state index is 12.1. The molecular weight excluding hydrogens is 266 g/mol. The maximum Gasteiger partial charge on any atom is 0.225 e. The molecule has 0 aromatic rings. The fourth-order valence-corrected chi connectivity index (χ4v) is 2.70. The smallest absolute Gasteiger partial charge is 0.225 e. The summed E-state index contributed by atoms with van der Waals surface area (Å²) in [6.45, 7) is 6.35. The molecule has 21 heavy (non-hydrogen) atoms. The fraction of sp³-hybridized carbons (Fsp3) is 0.882. The monoisotopic (exact) mass is 297 g/mol. The summed E-state index contributed by atoms with van der Waals surface area (Å²) in [5.74, 6) is 0.0796. The molecule has 122 valence electrons. The van der Waals surface area contributed by atoms with E-state index in [1.165, 1.54) is 0 Å². The maximum atomic E-state index is 12.1. The van der Waals surface area contributed by atoms with Gasteiger partial charge in [-0.3, -0.25) is 9.59 Å². The number of nitrogens with one attached hydrogen (secondary N) is 1. The number of hydrogen-bond donors (Lipinski definition) is 2. The third-order valence-corrected chi connectivity index (χ3v) is 4.25. The van der Waals surface area contributed by atoms with E-state index in [0.717, 1.165) is 38.5 Å². The summed E-state index contributed by atoms with van der Waals surface area (Å²) in [5, 5.41) is 13.2. The average molecular weight is 297 g/mol. The van der Waals surface area contributed by atoms with Crippen molar-refractivity contribution < 1.29 is 14.7 Å². The molecule has 0 saturated heterocycles. The van der Waals surface area contributed by atoms with Crippen molar-refractivity contribution in [1.82, 2.24) is 5.32 Å². The van der Waals surface area contributed by atoms with Gasteiger partial charge in [0.15, 0.2) is 5.78 Å². The van der Waals surface area contributed by atoms with Crippen molar-refractivity contribution in [3.63, 3.8) is 0 Å². The van der Waals surface area contributed by atoms with E-state index in [1.54, 1.807) is 0 Å². The Morgan fingerprint density at radius 3 is 2.24 bits per heavy atom. The van der Waals surface area contributed by atoms with Crippen LogP contribution in [0.3, 0.4) is 0 Å². The molecule has 1 saturated carbocycles. The molecule has 0 radical (unpaired) electrons. The number of carbonyl (C=O) groups is 2. The first kappa shape index (κ1) is 18.1. The Morgan fingerprint density at radius 1 is 1.05 bits per heavy atom. The van der Waals surface area contributed by atoms with Crippen LogP contribution in [0.4, 0.5) is 0 Å². The Bertz CT molecular complexity index is 352. The van der Waals surface area contributed by atoms with E-state index in [0.29, 0.717) is 25.8 Å². The SMILES string of the molecule is CC(C)(C)C(=O)NCCCCCC(=O)C1(O)CCCCC1. The standard InChI is InChI=1S/C17H31NO3/c1-16(2,3)15(20)18-13-9-4-6-10-14(19)17(21)11-7-5-8-12-17/h21H,4-13H2,1-3H3,(H,18,20). The van der Waals surface area contributed by atoms with Gasteiger partial charge in [0.05, 0.1) is 0 Å². The average Bonchev–Trinajstić information content (AvgIpc) is 2.41. The Balaban J connectivity index is 2.11. The highest BCUT2D eigenvalue weighted by atomic mass is 16.3. The van der Waals surface area contributed by atoms with E-state index in [-0.39, 0.29) is 17.1 Å². The lowest BCUT2D eigenvalue weighted by Gasteiger charge is -2.30. The van der Waals surface area contributed by atoms with Gasteiger partial charge in [0.1, 0.15) is 5.60 Å². The first-order valence-electron chi connectivity index (χ1n) is 8.30. The van der Waals surface area contributed by atoms with Crippen LogP contribution in [0.2, 0.25) is 0 Å². The zero-order valence-electron chi connectivity index (χ0n) is 13.8. The molecule has 4 nitrogen and oxygen atoms in total. The van der Waals surface area contributed by atoms with Crippen molar-refractivity contribution in [2.75, 3.05) is 6.54 Å². The molecule has 0 unspecified atom stereocenters. The minimum atomic E-state index is -1.04. The summed E-state index contributed by atoms with van der Waals surface area (Å²) in [6, 6.07) is 0. The van der Waals surface area contributed by atoms with Gasteiger partial charge in [0, 0.05) is 18.4 Å². The number of rotatable bonds is 7. The Hall–Kier alpha value is -0.900. The van der Waals surface area contributed by atoms with Gasteiger partial charge < -0.3 is 10.4 Å². The lowest BCUT2D eigenvalue weighted by Crippen LogP contribution is -2.40. The molecule has 1 aliphatic rings. The van der Waals surface area contributed by atoms with E-state index < -0.39 is 5.60 Å². The van der Waals surface area contributed by atoms with Gasteiger partial charge in [-0.05, 0) is 25.7 Å². The molecule has 0 heterocycles. The van der Waals surface area contributed by atoms with Crippen molar-refractivity contribution in [1.29, 1.82) is 0 Å². The molecule has 0 aliphatic heterocycles. The molecule has 0 spiro atoms. The van der Waals surface area contributed by atoms with Gasteiger partial charge in [0.25, 0.3) is 0 Å². The van der Waals surface area contributed by atoms with Gasteiger partial charge in [-0.1, -0.05) is 46.5 Å². The lowest BCUT2D eigenvalue weighted by atomic mass is 9.80. The van der Waals surface area contributed by atoms with E-state index in [9.17, 15) is 14.7 Å². The van der Waals surface area contributed by atoms with Gasteiger partial charge in [0.2, 0.25) is 5.91 Å². The van der Waals surface area contributed by atoms with E-state index in [1.807, 2.05) is 20.8 Å². The zero-order valence-corrected chi connectivity index (χ0v) is 13.8. The van der Waals surface area contributed by atoms with Crippen LogP contribution >= 0.6 is 0 Å². The highest BCUT2D eigenvalue weighted by Crippen LogP contribution is 2.30. The topological polar surface area (TPSA) is 66.4 Å². The van der Waals surface area contributed by atoms with Crippen LogP contribution in [-0.4, -0.2) is 28.9 Å². The molecule has 0 bridgehead atoms. The normalized spacial score (nSPS) is 18.3. The van der Waals surface area contributed by atoms with Gasteiger partial charge in [-0.25, -0.2) is 0 Å². The fourth-order valence-electron chi connectivity index (χ4n) is 2.70. The van der Waals surface area contributed by atoms with Crippen LogP contribution in [0.1, 0.15) is 78.6 Å². The summed E-state index contributed by atoms with van der Waals surface area (Å²) in [5.41, 5.74) is -1.39. The van der Waals surface area contributed by atoms with E-state index in [2.05, 4.69) is 5.32 Å². The van der Waals surface area contributed by atoms with Gasteiger partial charge >= 0.3 is 0 Å². The molecule has 4 heteroatoms. The second-order valence-electron chi connectivity index (χ2n) is 7.33. The Morgan fingerprint density at radius 2 is 1.67 bits per heavy atom. The summed E-state index contributed by atoms with van der Waals surface area (Å²) in [6.07, 6.45) is 7.36. The van der Waals surface area contributed by atoms with Crippen LogP contribution in [0.15, 0.2) is 0 Å². The summed E-state index contributed by atoms with van der Waals surface area (Å²) < 4.78 is 0. The molecule has 0 aromatic heterocycles. The lowest BCUT2D eigenvalue weighted by molar-refractivity contribution is -0.140. The largest absolute Gasteiger partial charge is 0.382 e. The van der Waals surface area contributed by atoms with Crippen molar-refractivity contribution in [2.24, 2.45) is 5.41 Å². The quantitative estimate of drug-likeness (QED) is 0.710. The second-order valence-corrected chi connectivity index (χ2v) is 7.33. The van der Waals surface area contributed by atoms with Crippen LogP contribution < -0.4 is 5.32 Å². The molecular formula is C17H31NO3. The molecule has 1 fully saturated rings. The van der Waals surface area contributed by atoms with Crippen molar-refractivity contribution in [3.8, 4) is 0 Å². The molecule has 1 rings (SSSR count). The second kappa shape index (κ2) is 7.92. The van der Waals surface area contributed by atoms with Crippen LogP contribution in [0.5, 0.6) is 0 Å². The third-order valence-electron chi connectivity index (χ3n) is 4.25. The summed E-state index contributed by atoms with van der Waals surface area (Å²) in [4.78, 5) is 23.7. The molecule has 0 aromatic carbocycles. The number of aliphatic hydroxyl groups is 1. The highest BCUT2D eigenvalue weighted by Gasteiger charge is 2.35. The number of carbonyl (C=O) groups excluding carboxylic acids is 2. The number of Topliss-reactive ketones (excluding diaryl/α,β-unsaturated/α-hetero) is 1. The van der Waals surface area contributed by atoms with Crippen molar-refractivity contribution >= 4 is 11.7 Å². The molecule has 2 N–H and O–H groups in total. The Kier molecular flexibility index (Phi) is 6.85. The molecule has 1 amide bonds. The summed E-state index contributed by atoms with van der Waals surface area (Å²) in [7, 11) is 0. The number of unbranched alkanes of at least 4 members (excludes halogenated alkanes) is 2. The predicted molar refractivity (Wildman–Crippen MR) is 84.0 cm³/mol. The minimum absolute atomic E-state index is 0.0147. The van der Waals surface area contributed by atoms with Crippen LogP contribution in [-0.2, 0) is 9.59 Å². The number of ketones is 1. The molecule has 1 aliphatic carbocycles. The van der Waals surface area contributed by atoms with Gasteiger partial charge in [-0.15, -0.1) is 0 Å².